The average Bonchev–Trinajstić information content (AvgIpc) is 2.42. The van der Waals surface area contributed by atoms with E-state index in [-0.39, 0.29) is 6.54 Å². The van der Waals surface area contributed by atoms with Gasteiger partial charge in [-0.15, -0.1) is 0 Å². The number of para-hydroxylation sites is 1. The molecule has 0 aliphatic heterocycles. The molecule has 7 heteroatoms. The minimum absolute atomic E-state index is 0.181. The highest BCUT2D eigenvalue weighted by molar-refractivity contribution is 5.95. The second-order valence-corrected chi connectivity index (χ2v) is 3.59. The van der Waals surface area contributed by atoms with E-state index in [1.165, 1.54) is 4.90 Å². The number of hydrogen-bond donors (Lipinski definition) is 2. The lowest BCUT2D eigenvalue weighted by Crippen LogP contribution is -2.54. The number of amides is 4. The third-order valence-corrected chi connectivity index (χ3v) is 2.34. The highest BCUT2D eigenvalue weighted by Crippen LogP contribution is 2.13. The molecule has 0 atom stereocenters. The molecule has 0 aliphatic rings. The molecular formula is C12H15N4O3. The molecule has 0 heterocycles. The van der Waals surface area contributed by atoms with Crippen molar-refractivity contribution in [2.24, 2.45) is 5.73 Å². The van der Waals surface area contributed by atoms with E-state index in [0.29, 0.717) is 12.2 Å². The van der Waals surface area contributed by atoms with Crippen LogP contribution in [0.25, 0.3) is 0 Å². The van der Waals surface area contributed by atoms with Crippen LogP contribution in [0.4, 0.5) is 15.3 Å². The molecule has 0 bridgehead atoms. The van der Waals surface area contributed by atoms with Crippen molar-refractivity contribution < 1.29 is 14.4 Å². The van der Waals surface area contributed by atoms with Crippen LogP contribution >= 0.6 is 0 Å². The SMILES string of the molecule is CCN(C[C]=O)C(=O)N(NC(N)=O)c1ccccc1. The second-order valence-electron chi connectivity index (χ2n) is 3.59. The zero-order chi connectivity index (χ0) is 14.3. The Labute approximate surface area is 110 Å². The van der Waals surface area contributed by atoms with Crippen LogP contribution in [0.2, 0.25) is 0 Å². The Morgan fingerprint density at radius 1 is 1.32 bits per heavy atom. The van der Waals surface area contributed by atoms with Gasteiger partial charge in [-0.2, -0.15) is 0 Å². The van der Waals surface area contributed by atoms with Crippen molar-refractivity contribution in [1.29, 1.82) is 0 Å². The van der Waals surface area contributed by atoms with Gasteiger partial charge in [0, 0.05) is 6.54 Å². The molecule has 0 aromatic heterocycles. The van der Waals surface area contributed by atoms with Gasteiger partial charge in [-0.05, 0) is 19.1 Å². The summed E-state index contributed by atoms with van der Waals surface area (Å²) >= 11 is 0. The fourth-order valence-electron chi connectivity index (χ4n) is 1.44. The maximum atomic E-state index is 12.2. The molecule has 1 radical (unpaired) electrons. The number of carbonyl (C=O) groups is 2. The fraction of sp³-hybridized carbons (Fsp3) is 0.250. The first-order valence-electron chi connectivity index (χ1n) is 5.65. The molecule has 0 saturated heterocycles. The van der Waals surface area contributed by atoms with Crippen LogP contribution in [0, 0.1) is 0 Å². The van der Waals surface area contributed by atoms with Gasteiger partial charge in [0.1, 0.15) is 0 Å². The molecule has 1 rings (SSSR count). The standard InChI is InChI=1S/C12H15N4O3/c1-2-15(8-9-17)12(19)16(14-11(13)18)10-6-4-3-5-7-10/h3-7H,2,8H2,1H3,(H3,13,14,18). The van der Waals surface area contributed by atoms with Gasteiger partial charge in [0.15, 0.2) is 0 Å². The van der Waals surface area contributed by atoms with Crippen LogP contribution in [-0.2, 0) is 4.79 Å². The number of benzene rings is 1. The highest BCUT2D eigenvalue weighted by Gasteiger charge is 2.22. The van der Waals surface area contributed by atoms with Gasteiger partial charge in [-0.25, -0.2) is 20.0 Å². The number of likely N-dealkylation sites (N-methyl/N-ethyl adjacent to an activating group) is 1. The Morgan fingerprint density at radius 2 is 1.95 bits per heavy atom. The van der Waals surface area contributed by atoms with E-state index >= 15 is 0 Å². The maximum Gasteiger partial charge on any atom is 0.343 e. The Morgan fingerprint density at radius 3 is 2.42 bits per heavy atom. The lowest BCUT2D eigenvalue weighted by Gasteiger charge is -2.28. The number of nitrogens with one attached hydrogen (secondary N) is 1. The summed E-state index contributed by atoms with van der Waals surface area (Å²) in [5.41, 5.74) is 7.70. The van der Waals surface area contributed by atoms with Crippen molar-refractivity contribution in [1.82, 2.24) is 10.3 Å². The molecule has 0 unspecified atom stereocenters. The van der Waals surface area contributed by atoms with Crippen LogP contribution in [-0.4, -0.2) is 36.3 Å². The first-order valence-corrected chi connectivity index (χ1v) is 5.65. The summed E-state index contributed by atoms with van der Waals surface area (Å²) in [6.45, 7) is 1.83. The second kappa shape index (κ2) is 7.00. The molecule has 19 heavy (non-hydrogen) atoms. The van der Waals surface area contributed by atoms with Crippen LogP contribution < -0.4 is 16.2 Å². The van der Waals surface area contributed by atoms with E-state index in [2.05, 4.69) is 5.43 Å². The van der Waals surface area contributed by atoms with Gasteiger partial charge in [0.2, 0.25) is 6.29 Å². The van der Waals surface area contributed by atoms with Crippen molar-refractivity contribution in [2.75, 3.05) is 18.1 Å². The van der Waals surface area contributed by atoms with Crippen molar-refractivity contribution in [3.63, 3.8) is 0 Å². The quantitative estimate of drug-likeness (QED) is 0.780. The van der Waals surface area contributed by atoms with Crippen LogP contribution in [0.5, 0.6) is 0 Å². The minimum atomic E-state index is -0.872. The molecule has 0 spiro atoms. The summed E-state index contributed by atoms with van der Waals surface area (Å²) in [7, 11) is 0. The molecule has 7 nitrogen and oxygen atoms in total. The highest BCUT2D eigenvalue weighted by atomic mass is 16.2. The molecule has 1 aromatic rings. The van der Waals surface area contributed by atoms with Gasteiger partial charge < -0.3 is 10.6 Å². The first kappa shape index (κ1) is 14.5. The largest absolute Gasteiger partial charge is 0.350 e. The average molecular weight is 263 g/mol. The van der Waals surface area contributed by atoms with Crippen molar-refractivity contribution >= 4 is 24.0 Å². The van der Waals surface area contributed by atoms with Gasteiger partial charge in [-0.3, -0.25) is 4.79 Å². The number of nitrogens with two attached hydrogens (primary N) is 1. The molecule has 0 saturated carbocycles. The first-order chi connectivity index (χ1) is 9.10. The van der Waals surface area contributed by atoms with Crippen molar-refractivity contribution in [3.8, 4) is 0 Å². The maximum absolute atomic E-state index is 12.2. The number of rotatable bonds is 4. The minimum Gasteiger partial charge on any atom is -0.350 e. The van der Waals surface area contributed by atoms with E-state index in [9.17, 15) is 14.4 Å². The normalized spacial score (nSPS) is 9.53. The summed E-state index contributed by atoms with van der Waals surface area (Å²) in [6.07, 6.45) is 1.64. The van der Waals surface area contributed by atoms with E-state index in [1.807, 2.05) is 0 Å². The van der Waals surface area contributed by atoms with Gasteiger partial charge in [-0.1, -0.05) is 18.2 Å². The zero-order valence-corrected chi connectivity index (χ0v) is 10.5. The summed E-state index contributed by atoms with van der Waals surface area (Å²) in [4.78, 5) is 34.8. The third-order valence-electron chi connectivity index (χ3n) is 2.34. The number of nitrogens with zero attached hydrogens (tertiary/aromatic N) is 2. The van der Waals surface area contributed by atoms with Crippen LogP contribution in [0.1, 0.15) is 6.92 Å². The molecule has 3 N–H and O–H groups in total. The van der Waals surface area contributed by atoms with Crippen LogP contribution in [0.3, 0.4) is 0 Å². The summed E-state index contributed by atoms with van der Waals surface area (Å²) in [5, 5.41) is 0.989. The number of primary amides is 1. The number of anilines is 1. The Balaban J connectivity index is 2.99. The molecular weight excluding hydrogens is 248 g/mol. The molecule has 1 aromatic carbocycles. The Kier molecular flexibility index (Phi) is 5.34. The third kappa shape index (κ3) is 3.98. The monoisotopic (exact) mass is 263 g/mol. The van der Waals surface area contributed by atoms with Gasteiger partial charge >= 0.3 is 12.1 Å². The van der Waals surface area contributed by atoms with E-state index in [1.54, 1.807) is 43.5 Å². The lowest BCUT2D eigenvalue weighted by atomic mass is 10.3. The topological polar surface area (TPSA) is 95.7 Å². The van der Waals surface area contributed by atoms with Crippen molar-refractivity contribution in [2.45, 2.75) is 6.92 Å². The van der Waals surface area contributed by atoms with Gasteiger partial charge in [0.25, 0.3) is 0 Å². The van der Waals surface area contributed by atoms with Gasteiger partial charge in [0.05, 0.1) is 12.2 Å². The summed E-state index contributed by atoms with van der Waals surface area (Å²) in [6, 6.07) is 7.02. The summed E-state index contributed by atoms with van der Waals surface area (Å²) in [5.74, 6) is 0. The molecule has 4 amide bonds. The molecule has 0 fully saturated rings. The zero-order valence-electron chi connectivity index (χ0n) is 10.5. The fourth-order valence-corrected chi connectivity index (χ4v) is 1.44. The molecule has 101 valence electrons. The lowest BCUT2D eigenvalue weighted by molar-refractivity contribution is 0.208. The summed E-state index contributed by atoms with van der Waals surface area (Å²) < 4.78 is 0. The predicted octanol–water partition coefficient (Wildman–Crippen LogP) is 0.628. The van der Waals surface area contributed by atoms with E-state index in [4.69, 9.17) is 5.73 Å². The number of hydrogen-bond acceptors (Lipinski definition) is 3. The Hall–Kier alpha value is -2.57. The predicted molar refractivity (Wildman–Crippen MR) is 70.0 cm³/mol. The van der Waals surface area contributed by atoms with E-state index in [0.717, 1.165) is 5.01 Å². The van der Waals surface area contributed by atoms with Crippen molar-refractivity contribution in [3.05, 3.63) is 30.3 Å². The smallest absolute Gasteiger partial charge is 0.343 e. The number of hydrazine groups is 1. The van der Waals surface area contributed by atoms with Crippen LogP contribution in [0.15, 0.2) is 30.3 Å². The Bertz CT molecular complexity index is 450. The van der Waals surface area contributed by atoms with E-state index < -0.39 is 12.1 Å². The molecule has 0 aliphatic carbocycles. The number of urea groups is 2. The number of carbonyl (C=O) groups excluding carboxylic acids is 3.